The van der Waals surface area contributed by atoms with Crippen molar-refractivity contribution in [3.8, 4) is 0 Å². The summed E-state index contributed by atoms with van der Waals surface area (Å²) in [4.78, 5) is 2.43. The van der Waals surface area contributed by atoms with Crippen LogP contribution in [-0.4, -0.2) is 0 Å². The molecule has 0 aliphatic heterocycles. The maximum absolute atomic E-state index is 6.44. The van der Waals surface area contributed by atoms with Crippen LogP contribution in [0.4, 0.5) is 0 Å². The molecule has 1 aromatic carbocycles. The smallest absolute Gasteiger partial charge is 0.0931 e. The van der Waals surface area contributed by atoms with Crippen LogP contribution in [0.15, 0.2) is 36.4 Å². The Labute approximate surface area is 136 Å². The summed E-state index contributed by atoms with van der Waals surface area (Å²) in [5.41, 5.74) is 0. The molecule has 1 unspecified atom stereocenters. The van der Waals surface area contributed by atoms with E-state index in [1.54, 1.807) is 22.7 Å². The van der Waals surface area contributed by atoms with Crippen molar-refractivity contribution in [3.05, 3.63) is 55.5 Å². The summed E-state index contributed by atoms with van der Waals surface area (Å²) in [6.45, 7) is 2.91. The van der Waals surface area contributed by atoms with Gasteiger partial charge in [-0.3, -0.25) is 0 Å². The minimum absolute atomic E-state index is 0.272. The van der Waals surface area contributed by atoms with Gasteiger partial charge in [0.1, 0.15) is 0 Å². The monoisotopic (exact) mass is 341 g/mol. The fraction of sp³-hybridized carbons (Fsp3) is 0.200. The molecule has 1 nitrogen and oxygen atoms in total. The molecule has 1 atom stereocenters. The Bertz CT molecular complexity index is 732. The predicted molar refractivity (Wildman–Crippen MR) is 91.4 cm³/mol. The minimum Gasteiger partial charge on any atom is -0.304 e. The molecular weight excluding hydrogens is 329 g/mol. The van der Waals surface area contributed by atoms with E-state index < -0.39 is 0 Å². The second-order valence-electron chi connectivity index (χ2n) is 4.58. The Morgan fingerprint density at radius 3 is 2.60 bits per heavy atom. The summed E-state index contributed by atoms with van der Waals surface area (Å²) >= 11 is 15.8. The zero-order valence-corrected chi connectivity index (χ0v) is 14.0. The van der Waals surface area contributed by atoms with Crippen LogP contribution in [-0.2, 0) is 6.54 Å². The Balaban J connectivity index is 1.75. The minimum atomic E-state index is 0.272. The van der Waals surface area contributed by atoms with Gasteiger partial charge in [-0.2, -0.15) is 0 Å². The van der Waals surface area contributed by atoms with Crippen molar-refractivity contribution in [1.82, 2.24) is 5.32 Å². The first-order valence-corrected chi connectivity index (χ1v) is 8.68. The van der Waals surface area contributed by atoms with Crippen LogP contribution in [0.2, 0.25) is 9.36 Å². The molecule has 3 rings (SSSR count). The summed E-state index contributed by atoms with van der Waals surface area (Å²) in [5, 5.41) is 5.52. The van der Waals surface area contributed by atoms with Crippen LogP contribution in [0.3, 0.4) is 0 Å². The van der Waals surface area contributed by atoms with Gasteiger partial charge in [0, 0.05) is 32.4 Å². The molecule has 2 aromatic heterocycles. The summed E-state index contributed by atoms with van der Waals surface area (Å²) in [7, 11) is 0. The van der Waals surface area contributed by atoms with Crippen LogP contribution in [0.25, 0.3) is 10.1 Å². The van der Waals surface area contributed by atoms with Crippen LogP contribution in [0.5, 0.6) is 0 Å². The SMILES string of the molecule is CC(NCc1sc2ccccc2c1Cl)c1ccc(Cl)s1. The van der Waals surface area contributed by atoms with Crippen LogP contribution < -0.4 is 5.32 Å². The average molecular weight is 342 g/mol. The van der Waals surface area contributed by atoms with Crippen molar-refractivity contribution < 1.29 is 0 Å². The molecule has 0 aliphatic carbocycles. The van der Waals surface area contributed by atoms with E-state index in [0.717, 1.165) is 21.3 Å². The van der Waals surface area contributed by atoms with Crippen LogP contribution in [0.1, 0.15) is 22.7 Å². The van der Waals surface area contributed by atoms with Gasteiger partial charge in [-0.1, -0.05) is 41.4 Å². The molecule has 1 N–H and O–H groups in total. The molecule has 0 saturated carbocycles. The molecule has 0 aliphatic rings. The highest BCUT2D eigenvalue weighted by atomic mass is 35.5. The van der Waals surface area contributed by atoms with Crippen molar-refractivity contribution in [2.24, 2.45) is 0 Å². The lowest BCUT2D eigenvalue weighted by molar-refractivity contribution is 0.587. The van der Waals surface area contributed by atoms with Gasteiger partial charge in [0.25, 0.3) is 0 Å². The second kappa shape index (κ2) is 6.04. The second-order valence-corrected chi connectivity index (χ2v) is 7.84. The Morgan fingerprint density at radius 2 is 1.90 bits per heavy atom. The van der Waals surface area contributed by atoms with Gasteiger partial charge in [0.2, 0.25) is 0 Å². The highest BCUT2D eigenvalue weighted by Crippen LogP contribution is 2.35. The van der Waals surface area contributed by atoms with Crippen molar-refractivity contribution in [2.75, 3.05) is 0 Å². The Hall–Kier alpha value is -0.580. The van der Waals surface area contributed by atoms with Crippen molar-refractivity contribution >= 4 is 56.0 Å². The molecule has 5 heteroatoms. The van der Waals surface area contributed by atoms with Crippen LogP contribution >= 0.6 is 45.9 Å². The number of rotatable bonds is 4. The molecule has 0 amide bonds. The molecule has 0 fully saturated rings. The number of hydrogen-bond acceptors (Lipinski definition) is 3. The number of fused-ring (bicyclic) bond motifs is 1. The maximum atomic E-state index is 6.44. The van der Waals surface area contributed by atoms with Gasteiger partial charge in [0.15, 0.2) is 0 Å². The number of hydrogen-bond donors (Lipinski definition) is 1. The molecule has 2 heterocycles. The fourth-order valence-electron chi connectivity index (χ4n) is 2.09. The largest absolute Gasteiger partial charge is 0.304 e. The van der Waals surface area contributed by atoms with Gasteiger partial charge in [0.05, 0.1) is 9.36 Å². The first kappa shape index (κ1) is 14.4. The third-order valence-corrected chi connectivity index (χ3v) is 6.32. The molecule has 0 radical (unpaired) electrons. The molecule has 104 valence electrons. The number of halogens is 2. The fourth-order valence-corrected chi connectivity index (χ4v) is 4.62. The standard InChI is InChI=1S/C15H13Cl2NS2/c1-9(11-6-7-14(16)20-11)18-8-13-15(17)10-4-2-3-5-12(10)19-13/h2-7,9,18H,8H2,1H3. The quantitative estimate of drug-likeness (QED) is 0.602. The first-order chi connectivity index (χ1) is 9.65. The molecular formula is C15H13Cl2NS2. The van der Waals surface area contributed by atoms with Crippen molar-refractivity contribution in [1.29, 1.82) is 0 Å². The van der Waals surface area contributed by atoms with Crippen molar-refractivity contribution in [3.63, 3.8) is 0 Å². The molecule has 0 spiro atoms. The van der Waals surface area contributed by atoms with E-state index >= 15 is 0 Å². The third kappa shape index (κ3) is 2.87. The molecule has 3 aromatic rings. The normalized spacial score (nSPS) is 12.9. The summed E-state index contributed by atoms with van der Waals surface area (Å²) in [6.07, 6.45) is 0. The van der Waals surface area contributed by atoms with E-state index in [4.69, 9.17) is 23.2 Å². The summed E-state index contributed by atoms with van der Waals surface area (Å²) in [5.74, 6) is 0. The van der Waals surface area contributed by atoms with Crippen LogP contribution in [0, 0.1) is 0 Å². The zero-order chi connectivity index (χ0) is 14.1. The van der Waals surface area contributed by atoms with E-state index in [9.17, 15) is 0 Å². The highest BCUT2D eigenvalue weighted by molar-refractivity contribution is 7.19. The lowest BCUT2D eigenvalue weighted by Gasteiger charge is -2.11. The summed E-state index contributed by atoms with van der Waals surface area (Å²) < 4.78 is 2.06. The van der Waals surface area contributed by atoms with E-state index in [1.165, 1.54) is 14.5 Å². The van der Waals surface area contributed by atoms with Gasteiger partial charge >= 0.3 is 0 Å². The van der Waals surface area contributed by atoms with E-state index in [2.05, 4.69) is 30.4 Å². The lowest BCUT2D eigenvalue weighted by Crippen LogP contribution is -2.16. The lowest BCUT2D eigenvalue weighted by atomic mass is 10.2. The number of thiophene rings is 2. The highest BCUT2D eigenvalue weighted by Gasteiger charge is 2.12. The average Bonchev–Trinajstić information content (AvgIpc) is 3.01. The van der Waals surface area contributed by atoms with Gasteiger partial charge in [-0.15, -0.1) is 22.7 Å². The van der Waals surface area contributed by atoms with E-state index in [-0.39, 0.29) is 6.04 Å². The van der Waals surface area contributed by atoms with Crippen molar-refractivity contribution in [2.45, 2.75) is 19.5 Å². The molecule has 0 saturated heterocycles. The summed E-state index contributed by atoms with van der Waals surface area (Å²) in [6, 6.07) is 12.5. The number of benzene rings is 1. The molecule has 20 heavy (non-hydrogen) atoms. The third-order valence-electron chi connectivity index (χ3n) is 3.19. The topological polar surface area (TPSA) is 12.0 Å². The Morgan fingerprint density at radius 1 is 1.10 bits per heavy atom. The van der Waals surface area contributed by atoms with E-state index in [0.29, 0.717) is 0 Å². The first-order valence-electron chi connectivity index (χ1n) is 6.29. The van der Waals surface area contributed by atoms with Gasteiger partial charge in [-0.05, 0) is 25.1 Å². The van der Waals surface area contributed by atoms with E-state index in [1.807, 2.05) is 18.2 Å². The maximum Gasteiger partial charge on any atom is 0.0931 e. The molecule has 0 bridgehead atoms. The predicted octanol–water partition coefficient (Wildman–Crippen LogP) is 6.12. The number of nitrogens with one attached hydrogen (secondary N) is 1. The zero-order valence-electron chi connectivity index (χ0n) is 10.8. The Kier molecular flexibility index (Phi) is 4.34. The van der Waals surface area contributed by atoms with Gasteiger partial charge < -0.3 is 5.32 Å². The van der Waals surface area contributed by atoms with Gasteiger partial charge in [-0.25, -0.2) is 0 Å².